The van der Waals surface area contributed by atoms with E-state index in [9.17, 15) is 0 Å². The maximum atomic E-state index is 5.55. The van der Waals surface area contributed by atoms with Crippen LogP contribution >= 0.6 is 0 Å². The van der Waals surface area contributed by atoms with Gasteiger partial charge in [0, 0.05) is 85.3 Å². The normalized spacial score (nSPS) is 11.9. The van der Waals surface area contributed by atoms with Gasteiger partial charge in [0.1, 0.15) is 11.5 Å². The van der Waals surface area contributed by atoms with Gasteiger partial charge in [-0.25, -0.2) is 9.97 Å². The van der Waals surface area contributed by atoms with Gasteiger partial charge in [-0.2, -0.15) is 5.10 Å². The van der Waals surface area contributed by atoms with Crippen molar-refractivity contribution in [1.29, 1.82) is 0 Å². The summed E-state index contributed by atoms with van der Waals surface area (Å²) in [5, 5.41) is 15.0. The number of nitrogens with zero attached hydrogens (tertiary/aromatic N) is 5. The topological polar surface area (TPSA) is 103 Å². The first-order chi connectivity index (χ1) is 30.8. The van der Waals surface area contributed by atoms with Crippen LogP contribution in [0.2, 0.25) is 0 Å². The molecule has 3 N–H and O–H groups in total. The molecule has 8 nitrogen and oxygen atoms in total. The van der Waals surface area contributed by atoms with E-state index >= 15 is 0 Å². The maximum absolute atomic E-state index is 5.55. The smallest absolute Gasteiger partial charge is 0.139 e. The lowest BCUT2D eigenvalue weighted by Crippen LogP contribution is -2.05. The quantitative estimate of drug-likeness (QED) is 0.156. The van der Waals surface area contributed by atoms with Gasteiger partial charge in [-0.3, -0.25) is 10.1 Å². The number of aromatic nitrogens is 8. The van der Waals surface area contributed by atoms with Crippen molar-refractivity contribution < 1.29 is 0 Å². The van der Waals surface area contributed by atoms with E-state index in [0.29, 0.717) is 0 Å². The second-order valence-corrected chi connectivity index (χ2v) is 15.7. The predicted octanol–water partition coefficient (Wildman–Crippen LogP) is 13.3. The highest BCUT2D eigenvalue weighted by atomic mass is 15.1. The van der Waals surface area contributed by atoms with Crippen molar-refractivity contribution in [2.24, 2.45) is 0 Å². The predicted molar refractivity (Wildman–Crippen MR) is 252 cm³/mol. The summed E-state index contributed by atoms with van der Waals surface area (Å²) in [5.41, 5.74) is 14.7. The number of H-pyrrole nitrogens is 3. The van der Waals surface area contributed by atoms with Gasteiger partial charge in [0.05, 0.1) is 44.7 Å². The zero-order valence-electron chi connectivity index (χ0n) is 33.1. The van der Waals surface area contributed by atoms with Gasteiger partial charge in [-0.15, -0.1) is 0 Å². The van der Waals surface area contributed by atoms with Gasteiger partial charge in [0.2, 0.25) is 0 Å². The van der Waals surface area contributed by atoms with Gasteiger partial charge in [-0.1, -0.05) is 109 Å². The van der Waals surface area contributed by atoms with Crippen molar-refractivity contribution in [2.75, 3.05) is 0 Å². The molecule has 0 radical (unpaired) electrons. The van der Waals surface area contributed by atoms with E-state index in [2.05, 4.69) is 178 Å². The summed E-state index contributed by atoms with van der Waals surface area (Å²) in [6.45, 7) is 0. The highest BCUT2D eigenvalue weighted by molar-refractivity contribution is 6.21. The molecule has 290 valence electrons. The minimum absolute atomic E-state index is 0.721. The van der Waals surface area contributed by atoms with Crippen LogP contribution in [0.4, 0.5) is 0 Å². The Morgan fingerprint density at radius 1 is 0.452 bits per heavy atom. The zero-order valence-corrected chi connectivity index (χ0v) is 33.1. The van der Waals surface area contributed by atoms with Crippen molar-refractivity contribution in [3.63, 3.8) is 0 Å². The zero-order chi connectivity index (χ0) is 40.7. The molecule has 0 unspecified atom stereocenters. The number of imidazole rings is 1. The molecule has 0 saturated carbocycles. The van der Waals surface area contributed by atoms with Crippen LogP contribution < -0.4 is 0 Å². The van der Waals surface area contributed by atoms with Gasteiger partial charge in [-0.05, 0) is 65.4 Å². The number of pyridine rings is 3. The summed E-state index contributed by atoms with van der Waals surface area (Å²) in [5.74, 6) is 0.721. The number of nitrogens with one attached hydrogen (secondary N) is 3. The van der Waals surface area contributed by atoms with E-state index in [4.69, 9.17) is 20.1 Å². The standard InChI is InChI=1S/C54H34N8/c1-4-16-35-32(13-1)26-28-55-51(35)48-46(43-25-24-33-14-3-7-19-39(33)57-43)50(54-58-41-21-9-10-22-42(41)59-54)45(38-27-30-62-29-12-11-23-44(38)62)47(52-36-17-5-2-15-34(36)31-56-52)49(48)53-37-18-6-8-20-40(37)60-61-53/h1-31,56H,(H,58,59)(H,60,61). The molecule has 0 fully saturated rings. The average Bonchev–Trinajstić information content (AvgIpc) is 4.15. The van der Waals surface area contributed by atoms with Gasteiger partial charge >= 0.3 is 0 Å². The highest BCUT2D eigenvalue weighted by Crippen LogP contribution is 2.57. The van der Waals surface area contributed by atoms with Gasteiger partial charge in [0.25, 0.3) is 0 Å². The first-order valence-electron chi connectivity index (χ1n) is 20.7. The largest absolute Gasteiger partial charge is 0.360 e. The molecule has 7 heterocycles. The monoisotopic (exact) mass is 794 g/mol. The van der Waals surface area contributed by atoms with Crippen LogP contribution in [0.25, 0.3) is 127 Å². The molecule has 0 aliphatic rings. The number of rotatable bonds is 6. The Balaban J connectivity index is 1.37. The molecule has 0 aliphatic carbocycles. The molecular formula is C54H34N8. The van der Waals surface area contributed by atoms with Crippen molar-refractivity contribution in [3.05, 3.63) is 189 Å². The Morgan fingerprint density at radius 3 is 2.06 bits per heavy atom. The molecule has 0 amide bonds. The molecule has 13 rings (SSSR count). The fraction of sp³-hybridized carbons (Fsp3) is 0. The van der Waals surface area contributed by atoms with Crippen molar-refractivity contribution in [1.82, 2.24) is 39.5 Å². The maximum Gasteiger partial charge on any atom is 0.139 e. The van der Waals surface area contributed by atoms with E-state index in [1.807, 2.05) is 30.5 Å². The van der Waals surface area contributed by atoms with Gasteiger partial charge in [0.15, 0.2) is 0 Å². The summed E-state index contributed by atoms with van der Waals surface area (Å²) < 4.78 is 2.19. The Morgan fingerprint density at radius 2 is 1.18 bits per heavy atom. The lowest BCUT2D eigenvalue weighted by atomic mass is 9.77. The third-order valence-electron chi connectivity index (χ3n) is 12.3. The number of benzene rings is 6. The van der Waals surface area contributed by atoms with Crippen LogP contribution in [0.15, 0.2) is 189 Å². The van der Waals surface area contributed by atoms with E-state index in [-0.39, 0.29) is 0 Å². The fourth-order valence-corrected chi connectivity index (χ4v) is 9.54. The summed E-state index contributed by atoms with van der Waals surface area (Å²) in [7, 11) is 0. The van der Waals surface area contributed by atoms with Crippen LogP contribution in [0.3, 0.4) is 0 Å². The van der Waals surface area contributed by atoms with Crippen LogP contribution in [-0.4, -0.2) is 39.5 Å². The number of hydrogen-bond donors (Lipinski definition) is 3. The Kier molecular flexibility index (Phi) is 7.43. The SMILES string of the molecule is c1ccc2nc(-c3c(-c4nc5ccccc5[nH]4)c(-c4ccn5ccccc45)c(-c4[nH]cc5ccccc45)c(-c4n[nH]c5ccccc45)c3-c3nccc4ccccc34)ccc2c1. The van der Waals surface area contributed by atoms with Crippen LogP contribution in [0.1, 0.15) is 0 Å². The van der Waals surface area contributed by atoms with Crippen molar-refractivity contribution in [3.8, 4) is 67.5 Å². The Bertz CT molecular complexity index is 3860. The first-order valence-corrected chi connectivity index (χ1v) is 20.7. The second-order valence-electron chi connectivity index (χ2n) is 15.7. The van der Waals surface area contributed by atoms with Crippen molar-refractivity contribution in [2.45, 2.75) is 0 Å². The molecule has 7 aromatic heterocycles. The van der Waals surface area contributed by atoms with E-state index in [1.165, 1.54) is 0 Å². The molecule has 0 saturated heterocycles. The molecule has 8 heteroatoms. The second kappa shape index (κ2) is 13.5. The third-order valence-corrected chi connectivity index (χ3v) is 12.3. The molecule has 0 spiro atoms. The van der Waals surface area contributed by atoms with Crippen LogP contribution in [0, 0.1) is 0 Å². The summed E-state index contributed by atoms with van der Waals surface area (Å²) in [4.78, 5) is 24.0. The van der Waals surface area contributed by atoms with Crippen LogP contribution in [0.5, 0.6) is 0 Å². The fourth-order valence-electron chi connectivity index (χ4n) is 9.54. The molecule has 6 aromatic carbocycles. The Hall–Kier alpha value is -8.62. The number of hydrogen-bond acceptors (Lipinski definition) is 4. The van der Waals surface area contributed by atoms with E-state index in [1.54, 1.807) is 0 Å². The first kappa shape index (κ1) is 34.3. The summed E-state index contributed by atoms with van der Waals surface area (Å²) in [6, 6.07) is 56.9. The highest BCUT2D eigenvalue weighted by Gasteiger charge is 2.35. The molecular weight excluding hydrogens is 761 g/mol. The molecule has 0 bridgehead atoms. The minimum atomic E-state index is 0.721. The molecule has 13 aromatic rings. The van der Waals surface area contributed by atoms with Gasteiger partial charge < -0.3 is 14.4 Å². The van der Waals surface area contributed by atoms with E-state index in [0.717, 1.165) is 127 Å². The molecule has 62 heavy (non-hydrogen) atoms. The minimum Gasteiger partial charge on any atom is -0.360 e. The van der Waals surface area contributed by atoms with E-state index < -0.39 is 0 Å². The van der Waals surface area contributed by atoms with Crippen LogP contribution in [-0.2, 0) is 0 Å². The average molecular weight is 795 g/mol. The molecule has 0 atom stereocenters. The lowest BCUT2D eigenvalue weighted by Gasteiger charge is -2.26. The number of para-hydroxylation sites is 4. The Labute approximate surface area is 354 Å². The summed E-state index contributed by atoms with van der Waals surface area (Å²) in [6.07, 6.45) is 8.27. The molecule has 0 aliphatic heterocycles. The number of aromatic amines is 3. The lowest BCUT2D eigenvalue weighted by molar-refractivity contribution is 1.12. The summed E-state index contributed by atoms with van der Waals surface area (Å²) >= 11 is 0. The number of fused-ring (bicyclic) bond motifs is 6. The third kappa shape index (κ3) is 5.13. The van der Waals surface area contributed by atoms with Crippen molar-refractivity contribution >= 4 is 59.9 Å².